The zero-order valence-corrected chi connectivity index (χ0v) is 20.5. The Balaban J connectivity index is 0.000000403. The van der Waals surface area contributed by atoms with E-state index in [1.165, 1.54) is 0 Å². The van der Waals surface area contributed by atoms with Gasteiger partial charge in [0.05, 0.1) is 5.69 Å². The predicted molar refractivity (Wildman–Crippen MR) is 112 cm³/mol. The van der Waals surface area contributed by atoms with E-state index in [2.05, 4.69) is 11.7 Å². The molecule has 0 aromatic heterocycles. The van der Waals surface area contributed by atoms with Crippen LogP contribution < -0.4 is 4.90 Å². The predicted octanol–water partition coefficient (Wildman–Crippen LogP) is 5.41. The van der Waals surface area contributed by atoms with Gasteiger partial charge < -0.3 is 27.4 Å². The van der Waals surface area contributed by atoms with Gasteiger partial charge in [-0.15, -0.1) is 18.0 Å². The Morgan fingerprint density at radius 2 is 1.90 bits per heavy atom. The summed E-state index contributed by atoms with van der Waals surface area (Å²) in [5.41, 5.74) is 7.67. The summed E-state index contributed by atoms with van der Waals surface area (Å²) < 4.78 is 4.47. The van der Waals surface area contributed by atoms with Gasteiger partial charge in [-0.2, -0.15) is 0 Å². The maximum atomic E-state index is 12.0. The third kappa shape index (κ3) is 6.30. The molecule has 0 unspecified atom stereocenters. The second kappa shape index (κ2) is 10.6. The van der Waals surface area contributed by atoms with Crippen molar-refractivity contribution in [2.75, 3.05) is 17.3 Å². The molecular weight excluding hydrogens is 469 g/mol. The molecule has 2 amide bonds. The molecule has 0 aliphatic carbocycles. The zero-order chi connectivity index (χ0) is 21.1. The van der Waals surface area contributed by atoms with E-state index in [0.29, 0.717) is 12.4 Å². The molecule has 0 bridgehead atoms. The number of fused-ring (bicyclic) bond motifs is 3. The largest absolute Gasteiger partial charge is 0.632 e. The number of benzene rings is 2. The first kappa shape index (κ1) is 25.7. The van der Waals surface area contributed by atoms with E-state index in [1.807, 2.05) is 24.3 Å². The minimum Gasteiger partial charge on any atom is -0.632 e. The van der Waals surface area contributed by atoms with Gasteiger partial charge >= 0.3 is 0 Å². The van der Waals surface area contributed by atoms with Gasteiger partial charge in [-0.3, -0.25) is 9.59 Å². The van der Waals surface area contributed by atoms with Crippen LogP contribution in [0.3, 0.4) is 0 Å². The van der Waals surface area contributed by atoms with Crippen LogP contribution in [0.15, 0.2) is 30.3 Å². The molecule has 0 saturated heterocycles. The van der Waals surface area contributed by atoms with Crippen LogP contribution in [0.25, 0.3) is 16.5 Å². The molecule has 8 heteroatoms. The van der Waals surface area contributed by atoms with Crippen molar-refractivity contribution >= 4 is 40.1 Å². The molecule has 2 aromatic carbocycles. The van der Waals surface area contributed by atoms with E-state index in [1.54, 1.807) is 31.7 Å². The normalized spacial score (nSPS) is 15.1. The number of anilines is 1. The number of amides is 2. The summed E-state index contributed by atoms with van der Waals surface area (Å²) in [5, 5.41) is 11.9. The monoisotopic (exact) mass is 493 g/mol. The number of phenolic OH excluding ortho intramolecular Hbond substituents is 1. The number of hydrogen-bond donors (Lipinski definition) is 1. The van der Waals surface area contributed by atoms with Gasteiger partial charge in [-0.05, 0) is 31.7 Å². The average Bonchev–Trinajstić information content (AvgIpc) is 2.98. The third-order valence-electron chi connectivity index (χ3n) is 4.24. The molecule has 29 heavy (non-hydrogen) atoms. The molecule has 1 heterocycles. The Bertz CT molecular complexity index is 883. The second-order valence-corrected chi connectivity index (χ2v) is 7.79. The van der Waals surface area contributed by atoms with Crippen LogP contribution in [0.5, 0.6) is 5.75 Å². The number of nitrogens with one attached hydrogen (secondary N) is 1. The van der Waals surface area contributed by atoms with Crippen LogP contribution in [-0.4, -0.2) is 35.1 Å². The molecule has 6 nitrogen and oxygen atoms in total. The van der Waals surface area contributed by atoms with Crippen molar-refractivity contribution in [2.24, 2.45) is 0 Å². The van der Waals surface area contributed by atoms with Crippen molar-refractivity contribution in [3.05, 3.63) is 48.6 Å². The standard InChI is InChI=1S/C16H15ClNO2.C5H11NO2.Y/c1-2-15(20)18-9-10(8-17)16-12-6-4-3-5-11(12)14(19)7-13(16)18;1-5(2,3)8-4(6)7;/h3-7,10,19H,1-2,8-9H2;1-3H3,(H2,6,7);/q-1;;/p-1/t10-;;/m1../s1. The topological polar surface area (TPSA) is 90.6 Å². The minimum atomic E-state index is -0.975. The van der Waals surface area contributed by atoms with Crippen LogP contribution in [-0.2, 0) is 42.2 Å². The van der Waals surface area contributed by atoms with Crippen LogP contribution >= 0.6 is 11.6 Å². The van der Waals surface area contributed by atoms with E-state index in [4.69, 9.17) is 17.3 Å². The minimum absolute atomic E-state index is 0. The summed E-state index contributed by atoms with van der Waals surface area (Å²) in [7, 11) is 0. The molecule has 1 aliphatic rings. The van der Waals surface area contributed by atoms with E-state index < -0.39 is 11.7 Å². The van der Waals surface area contributed by atoms with E-state index in [9.17, 15) is 14.7 Å². The van der Waals surface area contributed by atoms with Crippen LogP contribution in [0.4, 0.5) is 10.5 Å². The quantitative estimate of drug-likeness (QED) is 0.447. The summed E-state index contributed by atoms with van der Waals surface area (Å²) in [6, 6.07) is 9.32. The Kier molecular flexibility index (Phi) is 9.38. The number of aromatic hydroxyl groups is 1. The van der Waals surface area contributed by atoms with Gasteiger partial charge in [0, 0.05) is 62.5 Å². The molecule has 155 valence electrons. The fraction of sp³-hybridized carbons (Fsp3) is 0.381. The number of carbonyl (C=O) groups excluding carboxylic acids is 2. The van der Waals surface area contributed by atoms with Crippen molar-refractivity contribution in [1.29, 1.82) is 0 Å². The van der Waals surface area contributed by atoms with Gasteiger partial charge in [0.25, 0.3) is 0 Å². The van der Waals surface area contributed by atoms with Crippen molar-refractivity contribution in [2.45, 2.75) is 38.7 Å². The van der Waals surface area contributed by atoms with E-state index in [0.717, 1.165) is 22.0 Å². The first-order chi connectivity index (χ1) is 13.1. The summed E-state index contributed by atoms with van der Waals surface area (Å²) in [5.74, 6) is 0.681. The first-order valence-corrected chi connectivity index (χ1v) is 9.47. The number of carbonyl (C=O) groups is 2. The Hall–Kier alpha value is -1.37. The zero-order valence-electron chi connectivity index (χ0n) is 16.9. The number of rotatable bonds is 2. The van der Waals surface area contributed by atoms with Crippen LogP contribution in [0.2, 0.25) is 0 Å². The number of hydrogen-bond acceptors (Lipinski definition) is 4. The maximum absolute atomic E-state index is 12.0. The molecule has 1 aliphatic heterocycles. The van der Waals surface area contributed by atoms with Crippen molar-refractivity contribution in [1.82, 2.24) is 0 Å². The summed E-state index contributed by atoms with van der Waals surface area (Å²) in [6.45, 7) is 9.37. The van der Waals surface area contributed by atoms with Crippen LogP contribution in [0.1, 0.15) is 38.7 Å². The SMILES string of the molecule is CC(C)(C)OC([NH-])=O.[CH2-]CC(=O)N1C[C@@H](CCl)c2c1cc(O)c1ccccc21.[Y]. The summed E-state index contributed by atoms with van der Waals surface area (Å²) in [4.78, 5) is 23.6. The van der Waals surface area contributed by atoms with Gasteiger partial charge in [0.15, 0.2) is 5.91 Å². The Morgan fingerprint density at radius 3 is 2.34 bits per heavy atom. The molecule has 1 radical (unpaired) electrons. The van der Waals surface area contributed by atoms with Crippen molar-refractivity contribution in [3.63, 3.8) is 0 Å². The molecule has 2 N–H and O–H groups in total. The van der Waals surface area contributed by atoms with Crippen molar-refractivity contribution in [3.8, 4) is 5.75 Å². The second-order valence-electron chi connectivity index (χ2n) is 7.48. The first-order valence-electron chi connectivity index (χ1n) is 8.93. The molecule has 0 saturated carbocycles. The Labute approximate surface area is 201 Å². The van der Waals surface area contributed by atoms with Crippen molar-refractivity contribution < 1.29 is 52.1 Å². The number of alkyl halides is 1. The van der Waals surface area contributed by atoms with Gasteiger partial charge in [0.1, 0.15) is 11.4 Å². The third-order valence-corrected chi connectivity index (χ3v) is 4.62. The van der Waals surface area contributed by atoms with Gasteiger partial charge in [-0.25, -0.2) is 0 Å². The number of nitrogens with zero attached hydrogens (tertiary/aromatic N) is 1. The molecule has 3 rings (SSSR count). The Morgan fingerprint density at radius 1 is 1.31 bits per heavy atom. The maximum Gasteiger partial charge on any atom is 0.227 e. The fourth-order valence-electron chi connectivity index (χ4n) is 3.20. The number of ether oxygens (including phenoxy) is 1. The van der Waals surface area contributed by atoms with E-state index >= 15 is 0 Å². The van der Waals surface area contributed by atoms with E-state index in [-0.39, 0.29) is 56.7 Å². The molecule has 1 atom stereocenters. The van der Waals surface area contributed by atoms with Crippen LogP contribution in [0, 0.1) is 6.92 Å². The molecule has 0 fully saturated rings. The van der Waals surface area contributed by atoms with Gasteiger partial charge in [-0.1, -0.05) is 24.3 Å². The average molecular weight is 494 g/mol. The number of halogens is 1. The molecule has 0 spiro atoms. The molecule has 2 aromatic rings. The number of phenols is 1. The summed E-state index contributed by atoms with van der Waals surface area (Å²) >= 11 is 6.07. The van der Waals surface area contributed by atoms with Gasteiger partial charge in [0.2, 0.25) is 6.09 Å². The fourth-order valence-corrected chi connectivity index (χ4v) is 3.45. The smallest absolute Gasteiger partial charge is 0.227 e. The summed E-state index contributed by atoms with van der Waals surface area (Å²) in [6.07, 6.45) is -0.778. The molecular formula is C21H25ClN2O4Y-2.